The third kappa shape index (κ3) is 2.81. The van der Waals surface area contributed by atoms with E-state index in [2.05, 4.69) is 10.3 Å². The Hall–Kier alpha value is -2.37. The van der Waals surface area contributed by atoms with Crippen LogP contribution in [0.15, 0.2) is 22.6 Å². The normalized spacial score (nSPS) is 21.1. The Labute approximate surface area is 127 Å². The maximum atomic E-state index is 12.2. The van der Waals surface area contributed by atoms with Gasteiger partial charge in [-0.15, -0.1) is 0 Å². The number of aliphatic carboxylic acids is 1. The van der Waals surface area contributed by atoms with E-state index < -0.39 is 11.9 Å². The summed E-state index contributed by atoms with van der Waals surface area (Å²) in [6, 6.07) is 5.33. The number of oxazole rings is 1. The fraction of sp³-hybridized carbons (Fsp3) is 0.438. The number of benzene rings is 1. The second-order valence-electron chi connectivity index (χ2n) is 5.68. The molecule has 1 aromatic heterocycles. The third-order valence-corrected chi connectivity index (χ3v) is 4.15. The Morgan fingerprint density at radius 2 is 2.14 bits per heavy atom. The quantitative estimate of drug-likeness (QED) is 0.906. The topological polar surface area (TPSA) is 92.4 Å². The molecule has 2 aromatic rings. The maximum Gasteiger partial charge on any atom is 0.306 e. The number of carboxylic acid groups (broad SMARTS) is 1. The van der Waals surface area contributed by atoms with Crippen molar-refractivity contribution < 1.29 is 19.1 Å². The number of carbonyl (C=O) groups is 2. The zero-order valence-corrected chi connectivity index (χ0v) is 12.3. The van der Waals surface area contributed by atoms with E-state index in [-0.39, 0.29) is 11.8 Å². The first-order chi connectivity index (χ1) is 10.6. The van der Waals surface area contributed by atoms with Gasteiger partial charge in [0.1, 0.15) is 5.52 Å². The van der Waals surface area contributed by atoms with Crippen LogP contribution in [0.5, 0.6) is 0 Å². The van der Waals surface area contributed by atoms with Gasteiger partial charge in [0.05, 0.1) is 5.92 Å². The fourth-order valence-electron chi connectivity index (χ4n) is 2.89. The molecule has 0 unspecified atom stereocenters. The van der Waals surface area contributed by atoms with Crippen molar-refractivity contribution in [3.8, 4) is 0 Å². The highest BCUT2D eigenvalue weighted by atomic mass is 16.4. The van der Waals surface area contributed by atoms with E-state index in [1.807, 2.05) is 6.92 Å². The van der Waals surface area contributed by atoms with Crippen LogP contribution in [-0.4, -0.2) is 22.0 Å². The second kappa shape index (κ2) is 5.79. The van der Waals surface area contributed by atoms with Crippen molar-refractivity contribution in [1.82, 2.24) is 4.98 Å². The predicted octanol–water partition coefficient (Wildman–Crippen LogP) is 2.83. The number of hydrogen-bond donors (Lipinski definition) is 2. The van der Waals surface area contributed by atoms with Gasteiger partial charge in [-0.05, 0) is 37.5 Å². The molecule has 2 atom stereocenters. The van der Waals surface area contributed by atoms with E-state index >= 15 is 0 Å². The lowest BCUT2D eigenvalue weighted by Crippen LogP contribution is -2.21. The first-order valence-corrected chi connectivity index (χ1v) is 7.50. The third-order valence-electron chi connectivity index (χ3n) is 4.15. The summed E-state index contributed by atoms with van der Waals surface area (Å²) in [5.74, 6) is -0.909. The molecule has 0 bridgehead atoms. The van der Waals surface area contributed by atoms with Crippen molar-refractivity contribution in [2.75, 3.05) is 5.32 Å². The Morgan fingerprint density at radius 3 is 2.82 bits per heavy atom. The number of aromatic nitrogens is 1. The fourth-order valence-corrected chi connectivity index (χ4v) is 2.89. The minimum atomic E-state index is -0.814. The Bertz CT molecular complexity index is 722. The van der Waals surface area contributed by atoms with Crippen molar-refractivity contribution in [2.45, 2.75) is 32.6 Å². The van der Waals surface area contributed by atoms with Crippen LogP contribution in [0.25, 0.3) is 11.1 Å². The molecule has 1 aromatic carbocycles. The van der Waals surface area contributed by atoms with Gasteiger partial charge >= 0.3 is 5.97 Å². The second-order valence-corrected chi connectivity index (χ2v) is 5.68. The lowest BCUT2D eigenvalue weighted by atomic mass is 10.0. The van der Waals surface area contributed by atoms with Crippen molar-refractivity contribution in [3.05, 3.63) is 24.1 Å². The standard InChI is InChI=1S/C16H18N2O4/c1-2-14-18-12-8-11(5-6-13(12)22-14)17-15(19)9-3-4-10(7-9)16(20)21/h5-6,8-10H,2-4,7H2,1H3,(H,17,19)(H,20,21)/t9-,10+/m1/s1. The average molecular weight is 302 g/mol. The Morgan fingerprint density at radius 1 is 1.36 bits per heavy atom. The van der Waals surface area contributed by atoms with Crippen LogP contribution in [0.2, 0.25) is 0 Å². The molecule has 116 valence electrons. The molecule has 1 fully saturated rings. The number of amides is 1. The molecule has 6 heteroatoms. The first kappa shape index (κ1) is 14.6. The summed E-state index contributed by atoms with van der Waals surface area (Å²) in [6.45, 7) is 1.96. The maximum absolute atomic E-state index is 12.2. The largest absolute Gasteiger partial charge is 0.481 e. The van der Waals surface area contributed by atoms with Crippen LogP contribution in [0.1, 0.15) is 32.1 Å². The summed E-state index contributed by atoms with van der Waals surface area (Å²) >= 11 is 0. The number of rotatable bonds is 4. The number of nitrogens with zero attached hydrogens (tertiary/aromatic N) is 1. The van der Waals surface area contributed by atoms with Crippen LogP contribution in [0.3, 0.4) is 0 Å². The molecule has 6 nitrogen and oxygen atoms in total. The molecule has 0 saturated heterocycles. The highest BCUT2D eigenvalue weighted by molar-refractivity contribution is 5.94. The molecular weight excluding hydrogens is 284 g/mol. The van der Waals surface area contributed by atoms with Gasteiger partial charge in [-0.1, -0.05) is 6.92 Å². The number of anilines is 1. The number of nitrogens with one attached hydrogen (secondary N) is 1. The number of carbonyl (C=O) groups excluding carboxylic acids is 1. The summed E-state index contributed by atoms with van der Waals surface area (Å²) in [5, 5.41) is 11.8. The van der Waals surface area contributed by atoms with Gasteiger partial charge in [0.25, 0.3) is 0 Å². The average Bonchev–Trinajstić information content (AvgIpc) is 3.13. The Balaban J connectivity index is 1.70. The molecule has 1 amide bonds. The molecule has 3 rings (SSSR count). The van der Waals surface area contributed by atoms with Gasteiger partial charge in [-0.2, -0.15) is 0 Å². The summed E-state index contributed by atoms with van der Waals surface area (Å²) in [6.07, 6.45) is 2.31. The summed E-state index contributed by atoms with van der Waals surface area (Å²) < 4.78 is 5.53. The zero-order valence-electron chi connectivity index (χ0n) is 12.3. The van der Waals surface area contributed by atoms with Gasteiger partial charge in [-0.3, -0.25) is 9.59 Å². The lowest BCUT2D eigenvalue weighted by Gasteiger charge is -2.10. The van der Waals surface area contributed by atoms with Gasteiger partial charge in [0.15, 0.2) is 11.5 Å². The van der Waals surface area contributed by atoms with E-state index in [1.165, 1.54) is 0 Å². The molecule has 1 heterocycles. The van der Waals surface area contributed by atoms with Gasteiger partial charge in [-0.25, -0.2) is 4.98 Å². The molecule has 2 N–H and O–H groups in total. The molecular formula is C16H18N2O4. The lowest BCUT2D eigenvalue weighted by molar-refractivity contribution is -0.141. The van der Waals surface area contributed by atoms with Crippen LogP contribution in [0.4, 0.5) is 5.69 Å². The Kier molecular flexibility index (Phi) is 3.83. The highest BCUT2D eigenvalue weighted by Crippen LogP contribution is 2.32. The smallest absolute Gasteiger partial charge is 0.306 e. The van der Waals surface area contributed by atoms with Crippen molar-refractivity contribution in [3.63, 3.8) is 0 Å². The van der Waals surface area contributed by atoms with Crippen LogP contribution in [-0.2, 0) is 16.0 Å². The summed E-state index contributed by atoms with van der Waals surface area (Å²) in [7, 11) is 0. The van der Waals surface area contributed by atoms with Crippen LogP contribution >= 0.6 is 0 Å². The van der Waals surface area contributed by atoms with Gasteiger partial charge in [0.2, 0.25) is 5.91 Å². The highest BCUT2D eigenvalue weighted by Gasteiger charge is 2.33. The van der Waals surface area contributed by atoms with Crippen molar-refractivity contribution in [2.24, 2.45) is 11.8 Å². The summed E-state index contributed by atoms with van der Waals surface area (Å²) in [5.41, 5.74) is 2.07. The van der Waals surface area contributed by atoms with E-state index in [1.54, 1.807) is 18.2 Å². The van der Waals surface area contributed by atoms with Gasteiger partial charge < -0.3 is 14.8 Å². The minimum absolute atomic E-state index is 0.123. The van der Waals surface area contributed by atoms with E-state index in [0.29, 0.717) is 41.9 Å². The van der Waals surface area contributed by atoms with Crippen molar-refractivity contribution in [1.29, 1.82) is 0 Å². The molecule has 22 heavy (non-hydrogen) atoms. The van der Waals surface area contributed by atoms with E-state index in [0.717, 1.165) is 6.42 Å². The van der Waals surface area contributed by atoms with Crippen molar-refractivity contribution >= 4 is 28.7 Å². The predicted molar refractivity (Wildman–Crippen MR) is 80.5 cm³/mol. The monoisotopic (exact) mass is 302 g/mol. The number of aryl methyl sites for hydroxylation is 1. The zero-order chi connectivity index (χ0) is 15.7. The molecule has 0 spiro atoms. The first-order valence-electron chi connectivity index (χ1n) is 7.50. The molecule has 0 aliphatic heterocycles. The minimum Gasteiger partial charge on any atom is -0.481 e. The van der Waals surface area contributed by atoms with Gasteiger partial charge in [0, 0.05) is 18.0 Å². The van der Waals surface area contributed by atoms with E-state index in [4.69, 9.17) is 9.52 Å². The number of fused-ring (bicyclic) bond motifs is 1. The number of hydrogen-bond acceptors (Lipinski definition) is 4. The molecule has 1 saturated carbocycles. The molecule has 0 radical (unpaired) electrons. The molecule has 1 aliphatic carbocycles. The molecule has 1 aliphatic rings. The number of carboxylic acids is 1. The summed E-state index contributed by atoms with van der Waals surface area (Å²) in [4.78, 5) is 27.5. The SMILES string of the molecule is CCc1nc2cc(NC(=O)[C@@H]3CC[C@H](C(=O)O)C3)ccc2o1. The van der Waals surface area contributed by atoms with E-state index in [9.17, 15) is 9.59 Å². The van der Waals surface area contributed by atoms with Crippen LogP contribution < -0.4 is 5.32 Å². The van der Waals surface area contributed by atoms with Crippen LogP contribution in [0, 0.1) is 11.8 Å².